The lowest BCUT2D eigenvalue weighted by Crippen LogP contribution is -2.24. The van der Waals surface area contributed by atoms with Gasteiger partial charge in [-0.05, 0) is 64.7 Å². The number of nitrogens with zero attached hydrogens (tertiary/aromatic N) is 4. The average Bonchev–Trinajstić information content (AvgIpc) is 3.26. The summed E-state index contributed by atoms with van der Waals surface area (Å²) in [4.78, 5) is 20.1. The first kappa shape index (κ1) is 31.5. The van der Waals surface area contributed by atoms with E-state index in [0.717, 1.165) is 94.4 Å². The van der Waals surface area contributed by atoms with E-state index in [2.05, 4.69) is 174 Å². The Bertz CT molecular complexity index is 2910. The Morgan fingerprint density at radius 2 is 1.07 bits per heavy atom. The van der Waals surface area contributed by atoms with Crippen molar-refractivity contribution >= 4 is 44.1 Å². The van der Waals surface area contributed by atoms with Crippen LogP contribution >= 0.6 is 0 Å². The smallest absolute Gasteiger partial charge is 0.145 e. The van der Waals surface area contributed by atoms with Gasteiger partial charge in [-0.25, -0.2) is 9.97 Å². The number of benzene rings is 6. The Balaban J connectivity index is 0.995. The van der Waals surface area contributed by atoms with Crippen LogP contribution in [-0.4, -0.2) is 20.7 Å². The number of aromatic nitrogens is 3. The minimum atomic E-state index is -0.194. The Kier molecular flexibility index (Phi) is 7.81. The van der Waals surface area contributed by atoms with Crippen LogP contribution in [0.1, 0.15) is 22.9 Å². The van der Waals surface area contributed by atoms with Crippen LogP contribution < -0.4 is 5.32 Å². The van der Waals surface area contributed by atoms with E-state index in [9.17, 15) is 0 Å². The highest BCUT2D eigenvalue weighted by atomic mass is 15.1. The Hall–Kier alpha value is -7.24. The molecule has 1 aliphatic heterocycles. The van der Waals surface area contributed by atoms with E-state index in [1.165, 1.54) is 0 Å². The molecule has 0 saturated heterocycles. The molecule has 3 aromatic heterocycles. The van der Waals surface area contributed by atoms with Gasteiger partial charge in [0.05, 0.1) is 33.6 Å². The number of para-hydroxylation sites is 1. The fourth-order valence-corrected chi connectivity index (χ4v) is 7.32. The normalized spacial score (nSPS) is 14.1. The van der Waals surface area contributed by atoms with E-state index in [1.807, 2.05) is 24.4 Å². The molecule has 0 radical (unpaired) electrons. The van der Waals surface area contributed by atoms with Crippen molar-refractivity contribution in [2.45, 2.75) is 6.17 Å². The van der Waals surface area contributed by atoms with Crippen molar-refractivity contribution < 1.29 is 0 Å². The third kappa shape index (κ3) is 5.98. The Morgan fingerprint density at radius 3 is 1.91 bits per heavy atom. The molecule has 0 spiro atoms. The largest absolute Gasteiger partial charge is 0.360 e. The minimum absolute atomic E-state index is 0.194. The molecule has 0 aliphatic carbocycles. The van der Waals surface area contributed by atoms with E-state index < -0.39 is 0 Å². The average molecular weight is 692 g/mol. The second-order valence-corrected chi connectivity index (χ2v) is 13.6. The molecule has 1 N–H and O–H groups in total. The summed E-state index contributed by atoms with van der Waals surface area (Å²) >= 11 is 0. The highest BCUT2D eigenvalue weighted by molar-refractivity contribution is 6.13. The number of aliphatic imine (C=N–C) groups is 1. The standard InChI is InChI=1S/C49H33N5/c1-3-10-32(11-4-1)46-31-47(54-49(53-46)36-12-5-2-6-13-36)39-16-7-15-37(28-39)38-21-19-33-23-25-42(51-44(33)29-38)40-22-20-34-24-26-43(52-45(34)30-40)41-18-8-14-35-17-9-27-50-48(35)41/h1-31,49,53H. The summed E-state index contributed by atoms with van der Waals surface area (Å²) in [5.74, 6) is 0. The molecule has 4 heterocycles. The number of fused-ring (bicyclic) bond motifs is 3. The number of allylic oxidation sites excluding steroid dienone is 1. The van der Waals surface area contributed by atoms with Crippen molar-refractivity contribution in [3.05, 3.63) is 205 Å². The van der Waals surface area contributed by atoms with Crippen LogP contribution in [0.2, 0.25) is 0 Å². The topological polar surface area (TPSA) is 63.1 Å². The number of pyridine rings is 3. The maximum absolute atomic E-state index is 5.19. The lowest BCUT2D eigenvalue weighted by atomic mass is 9.97. The third-order valence-corrected chi connectivity index (χ3v) is 10.1. The highest BCUT2D eigenvalue weighted by Crippen LogP contribution is 2.32. The van der Waals surface area contributed by atoms with Crippen molar-refractivity contribution in [1.29, 1.82) is 0 Å². The van der Waals surface area contributed by atoms with Crippen LogP contribution in [0.3, 0.4) is 0 Å². The van der Waals surface area contributed by atoms with E-state index >= 15 is 0 Å². The second kappa shape index (κ2) is 13.4. The predicted octanol–water partition coefficient (Wildman–Crippen LogP) is 11.5. The molecule has 254 valence electrons. The molecule has 5 nitrogen and oxygen atoms in total. The van der Waals surface area contributed by atoms with Crippen LogP contribution in [0.4, 0.5) is 0 Å². The molecule has 0 amide bonds. The van der Waals surface area contributed by atoms with Gasteiger partial charge in [0.15, 0.2) is 0 Å². The molecular weight excluding hydrogens is 659 g/mol. The van der Waals surface area contributed by atoms with Crippen molar-refractivity contribution in [3.63, 3.8) is 0 Å². The van der Waals surface area contributed by atoms with Crippen LogP contribution in [-0.2, 0) is 0 Å². The fourth-order valence-electron chi connectivity index (χ4n) is 7.32. The number of hydrogen-bond acceptors (Lipinski definition) is 5. The Labute approximate surface area is 313 Å². The molecule has 0 saturated carbocycles. The van der Waals surface area contributed by atoms with E-state index in [-0.39, 0.29) is 6.17 Å². The number of nitrogens with one attached hydrogen (secondary N) is 1. The van der Waals surface area contributed by atoms with Crippen molar-refractivity contribution in [1.82, 2.24) is 20.3 Å². The SMILES string of the molecule is C1=C(c2ccccc2)NC(c2ccccc2)N=C1c1cccc(-c2ccc3ccc(-c4ccc5ccc(-c6cccc7cccnc67)nc5c4)nc3c2)c1. The summed E-state index contributed by atoms with van der Waals surface area (Å²) < 4.78 is 0. The van der Waals surface area contributed by atoms with Gasteiger partial charge in [0, 0.05) is 44.7 Å². The first-order chi connectivity index (χ1) is 26.7. The first-order valence-corrected chi connectivity index (χ1v) is 18.2. The molecule has 54 heavy (non-hydrogen) atoms. The summed E-state index contributed by atoms with van der Waals surface area (Å²) in [5.41, 5.74) is 14.2. The quantitative estimate of drug-likeness (QED) is 0.189. The fraction of sp³-hybridized carbons (Fsp3) is 0.0204. The summed E-state index contributed by atoms with van der Waals surface area (Å²) in [7, 11) is 0. The summed E-state index contributed by atoms with van der Waals surface area (Å²) in [6.45, 7) is 0. The maximum atomic E-state index is 5.19. The molecular formula is C49H33N5. The van der Waals surface area contributed by atoms with Gasteiger partial charge in [-0.2, -0.15) is 0 Å². The second-order valence-electron chi connectivity index (χ2n) is 13.6. The predicted molar refractivity (Wildman–Crippen MR) is 222 cm³/mol. The zero-order valence-electron chi connectivity index (χ0n) is 29.3. The van der Waals surface area contributed by atoms with Gasteiger partial charge in [-0.3, -0.25) is 9.98 Å². The van der Waals surface area contributed by atoms with Gasteiger partial charge in [0.2, 0.25) is 0 Å². The first-order valence-electron chi connectivity index (χ1n) is 18.2. The van der Waals surface area contributed by atoms with Gasteiger partial charge in [-0.1, -0.05) is 140 Å². The van der Waals surface area contributed by atoms with Gasteiger partial charge in [0.1, 0.15) is 6.17 Å². The Morgan fingerprint density at radius 1 is 0.444 bits per heavy atom. The van der Waals surface area contributed by atoms with Crippen molar-refractivity contribution in [2.75, 3.05) is 0 Å². The lowest BCUT2D eigenvalue weighted by Gasteiger charge is -2.25. The van der Waals surface area contributed by atoms with E-state index in [1.54, 1.807) is 0 Å². The van der Waals surface area contributed by atoms with Crippen LogP contribution in [0, 0.1) is 0 Å². The van der Waals surface area contributed by atoms with Crippen molar-refractivity contribution in [2.24, 2.45) is 4.99 Å². The molecule has 1 atom stereocenters. The van der Waals surface area contributed by atoms with Gasteiger partial charge in [0.25, 0.3) is 0 Å². The van der Waals surface area contributed by atoms with Crippen LogP contribution in [0.5, 0.6) is 0 Å². The van der Waals surface area contributed by atoms with E-state index in [4.69, 9.17) is 15.0 Å². The van der Waals surface area contributed by atoms with Gasteiger partial charge < -0.3 is 5.32 Å². The molecule has 5 heteroatoms. The molecule has 1 aliphatic rings. The van der Waals surface area contributed by atoms with E-state index in [0.29, 0.717) is 0 Å². The zero-order chi connectivity index (χ0) is 35.8. The van der Waals surface area contributed by atoms with Gasteiger partial charge in [-0.15, -0.1) is 0 Å². The number of rotatable bonds is 6. The maximum Gasteiger partial charge on any atom is 0.145 e. The number of hydrogen-bond donors (Lipinski definition) is 1. The molecule has 0 fully saturated rings. The molecule has 0 bridgehead atoms. The molecule has 6 aromatic carbocycles. The monoisotopic (exact) mass is 691 g/mol. The van der Waals surface area contributed by atoms with Crippen LogP contribution in [0.25, 0.3) is 72.0 Å². The summed E-state index contributed by atoms with van der Waals surface area (Å²) in [6, 6.07) is 61.1. The highest BCUT2D eigenvalue weighted by Gasteiger charge is 2.20. The zero-order valence-corrected chi connectivity index (χ0v) is 29.3. The summed E-state index contributed by atoms with van der Waals surface area (Å²) in [5, 5.41) is 6.93. The van der Waals surface area contributed by atoms with Crippen molar-refractivity contribution in [3.8, 4) is 33.6 Å². The molecule has 10 rings (SSSR count). The lowest BCUT2D eigenvalue weighted by molar-refractivity contribution is 0.664. The third-order valence-electron chi connectivity index (χ3n) is 10.1. The minimum Gasteiger partial charge on any atom is -0.360 e. The van der Waals surface area contributed by atoms with Gasteiger partial charge >= 0.3 is 0 Å². The molecule has 1 unspecified atom stereocenters. The van der Waals surface area contributed by atoms with Crippen LogP contribution in [0.15, 0.2) is 193 Å². The molecule has 9 aromatic rings. The summed E-state index contributed by atoms with van der Waals surface area (Å²) in [6.07, 6.45) is 3.80.